The Balaban J connectivity index is 1.53. The van der Waals surface area contributed by atoms with E-state index in [0.29, 0.717) is 12.5 Å². The van der Waals surface area contributed by atoms with Crippen molar-refractivity contribution in [3.05, 3.63) is 42.2 Å². The van der Waals surface area contributed by atoms with Crippen LogP contribution in [0, 0.1) is 11.7 Å². The molecule has 1 aromatic carbocycles. The summed E-state index contributed by atoms with van der Waals surface area (Å²) in [4.78, 5) is 12.7. The zero-order chi connectivity index (χ0) is 17.6. The second-order valence-electron chi connectivity index (χ2n) is 6.23. The average Bonchev–Trinajstić information content (AvgIpc) is 2.63. The third-order valence-electron chi connectivity index (χ3n) is 4.56. The molecule has 0 saturated carbocycles. The predicted octanol–water partition coefficient (Wildman–Crippen LogP) is 3.16. The van der Waals surface area contributed by atoms with Crippen LogP contribution < -0.4 is 10.2 Å². The Labute approximate surface area is 145 Å². The molecule has 1 fully saturated rings. The summed E-state index contributed by atoms with van der Waals surface area (Å²) in [6.07, 6.45) is 1.94. The predicted molar refractivity (Wildman–Crippen MR) is 93.0 cm³/mol. The summed E-state index contributed by atoms with van der Waals surface area (Å²) in [6.45, 7) is 2.29. The fraction of sp³-hybridized carbons (Fsp3) is 0.389. The van der Waals surface area contributed by atoms with Gasteiger partial charge in [-0.2, -0.15) is 0 Å². The minimum atomic E-state index is -0.964. The first kappa shape index (κ1) is 17.1. The fourth-order valence-corrected chi connectivity index (χ4v) is 3.10. The molecule has 1 saturated heterocycles. The van der Waals surface area contributed by atoms with E-state index >= 15 is 0 Å². The summed E-state index contributed by atoms with van der Waals surface area (Å²) in [5, 5.41) is 19.6. The van der Waals surface area contributed by atoms with Gasteiger partial charge in [0.15, 0.2) is 5.82 Å². The molecule has 0 aliphatic carbocycles. The van der Waals surface area contributed by atoms with E-state index in [4.69, 9.17) is 5.11 Å². The van der Waals surface area contributed by atoms with Gasteiger partial charge in [0, 0.05) is 25.2 Å². The van der Waals surface area contributed by atoms with Crippen molar-refractivity contribution >= 4 is 11.9 Å². The van der Waals surface area contributed by atoms with Crippen molar-refractivity contribution in [2.45, 2.75) is 19.3 Å². The first-order chi connectivity index (χ1) is 12.1. The molecule has 0 unspecified atom stereocenters. The van der Waals surface area contributed by atoms with E-state index in [2.05, 4.69) is 20.4 Å². The van der Waals surface area contributed by atoms with Crippen molar-refractivity contribution < 1.29 is 14.3 Å². The summed E-state index contributed by atoms with van der Waals surface area (Å²) in [5.41, 5.74) is 1.56. The second kappa shape index (κ2) is 7.92. The highest BCUT2D eigenvalue weighted by molar-refractivity contribution is 5.64. The number of rotatable bonds is 5. The standard InChI is InChI=1S/C18H21FN4O2/c19-15-3-1-14(2-4-15)16-5-6-17(22-21-16)23-11-8-13(9-12-23)7-10-20-18(24)25/h1-6,13,20H,7-12H2,(H,24,25). The quantitative estimate of drug-likeness (QED) is 0.871. The third-order valence-corrected chi connectivity index (χ3v) is 4.56. The highest BCUT2D eigenvalue weighted by atomic mass is 19.1. The van der Waals surface area contributed by atoms with Gasteiger partial charge in [0.1, 0.15) is 5.82 Å². The number of nitrogens with one attached hydrogen (secondary N) is 1. The maximum atomic E-state index is 13.0. The number of amides is 1. The zero-order valence-corrected chi connectivity index (χ0v) is 13.9. The monoisotopic (exact) mass is 344 g/mol. The van der Waals surface area contributed by atoms with Gasteiger partial charge >= 0.3 is 6.09 Å². The minimum Gasteiger partial charge on any atom is -0.465 e. The summed E-state index contributed by atoms with van der Waals surface area (Å²) in [5.74, 6) is 1.11. The first-order valence-electron chi connectivity index (χ1n) is 8.43. The molecule has 25 heavy (non-hydrogen) atoms. The lowest BCUT2D eigenvalue weighted by atomic mass is 9.93. The lowest BCUT2D eigenvalue weighted by molar-refractivity contribution is 0.193. The Morgan fingerprint density at radius 2 is 1.88 bits per heavy atom. The second-order valence-corrected chi connectivity index (χ2v) is 6.23. The molecule has 1 aromatic heterocycles. The van der Waals surface area contributed by atoms with Crippen LogP contribution in [0.3, 0.4) is 0 Å². The molecule has 6 nitrogen and oxygen atoms in total. The first-order valence-corrected chi connectivity index (χ1v) is 8.43. The number of halogens is 1. The number of hydrogen-bond donors (Lipinski definition) is 2. The molecule has 1 aliphatic rings. The molecular weight excluding hydrogens is 323 g/mol. The van der Waals surface area contributed by atoms with Gasteiger partial charge in [-0.15, -0.1) is 10.2 Å². The number of aromatic nitrogens is 2. The smallest absolute Gasteiger partial charge is 0.404 e. The Bertz CT molecular complexity index is 698. The molecular formula is C18H21FN4O2. The zero-order valence-electron chi connectivity index (χ0n) is 13.9. The number of carbonyl (C=O) groups is 1. The Morgan fingerprint density at radius 1 is 1.16 bits per heavy atom. The largest absolute Gasteiger partial charge is 0.465 e. The van der Waals surface area contributed by atoms with Crippen LogP contribution in [-0.4, -0.2) is 41.0 Å². The van der Waals surface area contributed by atoms with E-state index in [-0.39, 0.29) is 5.82 Å². The van der Waals surface area contributed by atoms with Gasteiger partial charge in [-0.25, -0.2) is 9.18 Å². The van der Waals surface area contributed by atoms with Gasteiger partial charge < -0.3 is 15.3 Å². The van der Waals surface area contributed by atoms with Crippen LogP contribution in [0.5, 0.6) is 0 Å². The van der Waals surface area contributed by atoms with Crippen LogP contribution >= 0.6 is 0 Å². The van der Waals surface area contributed by atoms with Gasteiger partial charge in [0.05, 0.1) is 5.69 Å². The maximum absolute atomic E-state index is 13.0. The fourth-order valence-electron chi connectivity index (χ4n) is 3.10. The van der Waals surface area contributed by atoms with Crippen LogP contribution in [0.2, 0.25) is 0 Å². The van der Waals surface area contributed by atoms with E-state index in [1.54, 1.807) is 12.1 Å². The molecule has 0 bridgehead atoms. The van der Waals surface area contributed by atoms with Crippen molar-refractivity contribution in [2.24, 2.45) is 5.92 Å². The van der Waals surface area contributed by atoms with Gasteiger partial charge in [-0.05, 0) is 61.6 Å². The van der Waals surface area contributed by atoms with E-state index in [0.717, 1.165) is 49.4 Å². The minimum absolute atomic E-state index is 0.269. The highest BCUT2D eigenvalue weighted by Crippen LogP contribution is 2.24. The van der Waals surface area contributed by atoms with E-state index in [1.165, 1.54) is 12.1 Å². The number of carboxylic acid groups (broad SMARTS) is 1. The third kappa shape index (κ3) is 4.65. The molecule has 1 amide bonds. The lowest BCUT2D eigenvalue weighted by Crippen LogP contribution is -2.35. The molecule has 1 aliphatic heterocycles. The number of piperidine rings is 1. The van der Waals surface area contributed by atoms with Gasteiger partial charge in [-0.3, -0.25) is 0 Å². The number of benzene rings is 1. The van der Waals surface area contributed by atoms with Crippen LogP contribution in [0.4, 0.5) is 15.0 Å². The molecule has 3 rings (SSSR count). The van der Waals surface area contributed by atoms with Crippen LogP contribution in [0.15, 0.2) is 36.4 Å². The number of nitrogens with zero attached hydrogens (tertiary/aromatic N) is 3. The van der Waals surface area contributed by atoms with E-state index < -0.39 is 6.09 Å². The van der Waals surface area contributed by atoms with Gasteiger partial charge in [0.2, 0.25) is 0 Å². The topological polar surface area (TPSA) is 78.4 Å². The number of anilines is 1. The van der Waals surface area contributed by atoms with Crippen LogP contribution in [0.1, 0.15) is 19.3 Å². The molecule has 0 radical (unpaired) electrons. The normalized spacial score (nSPS) is 15.2. The molecule has 0 atom stereocenters. The van der Waals surface area contributed by atoms with Crippen LogP contribution in [-0.2, 0) is 0 Å². The maximum Gasteiger partial charge on any atom is 0.404 e. The molecule has 132 valence electrons. The molecule has 0 spiro atoms. The van der Waals surface area contributed by atoms with E-state index in [9.17, 15) is 9.18 Å². The Kier molecular flexibility index (Phi) is 5.42. The Hall–Kier alpha value is -2.70. The molecule has 2 N–H and O–H groups in total. The van der Waals surface area contributed by atoms with Crippen LogP contribution in [0.25, 0.3) is 11.3 Å². The van der Waals surface area contributed by atoms with Crippen molar-refractivity contribution in [3.8, 4) is 11.3 Å². The summed E-state index contributed by atoms with van der Waals surface area (Å²) >= 11 is 0. The van der Waals surface area contributed by atoms with Crippen molar-refractivity contribution in [1.82, 2.24) is 15.5 Å². The average molecular weight is 344 g/mol. The molecule has 2 aromatic rings. The van der Waals surface area contributed by atoms with Crippen molar-refractivity contribution in [1.29, 1.82) is 0 Å². The Morgan fingerprint density at radius 3 is 2.48 bits per heavy atom. The summed E-state index contributed by atoms with van der Waals surface area (Å²) < 4.78 is 13.0. The molecule has 7 heteroatoms. The molecule has 2 heterocycles. The van der Waals surface area contributed by atoms with Gasteiger partial charge in [-0.1, -0.05) is 0 Å². The number of hydrogen-bond acceptors (Lipinski definition) is 4. The summed E-state index contributed by atoms with van der Waals surface area (Å²) in [7, 11) is 0. The van der Waals surface area contributed by atoms with Crippen molar-refractivity contribution in [2.75, 3.05) is 24.5 Å². The van der Waals surface area contributed by atoms with E-state index in [1.807, 2.05) is 12.1 Å². The lowest BCUT2D eigenvalue weighted by Gasteiger charge is -2.32. The summed E-state index contributed by atoms with van der Waals surface area (Å²) in [6, 6.07) is 10.0. The highest BCUT2D eigenvalue weighted by Gasteiger charge is 2.20. The van der Waals surface area contributed by atoms with Crippen molar-refractivity contribution in [3.63, 3.8) is 0 Å². The SMILES string of the molecule is O=C(O)NCCC1CCN(c2ccc(-c3ccc(F)cc3)nn2)CC1. The van der Waals surface area contributed by atoms with Gasteiger partial charge in [0.25, 0.3) is 0 Å².